The van der Waals surface area contributed by atoms with Gasteiger partial charge in [0.15, 0.2) is 12.2 Å². The monoisotopic (exact) mass is 330 g/mol. The molecule has 0 N–H and O–H groups in total. The first-order chi connectivity index (χ1) is 10.6. The lowest BCUT2D eigenvalue weighted by Crippen LogP contribution is -2.74. The molecule has 5 atom stereocenters. The molecule has 2 fully saturated rings. The van der Waals surface area contributed by atoms with Gasteiger partial charge in [0.2, 0.25) is 0 Å². The molecule has 0 unspecified atom stereocenters. The summed E-state index contributed by atoms with van der Waals surface area (Å²) in [5.74, 6) is -1.56. The number of fused-ring (bicyclic) bond motifs is 1. The fourth-order valence-corrected chi connectivity index (χ4v) is 2.94. The highest BCUT2D eigenvalue weighted by atomic mass is 16.7. The number of rotatable bonds is 4. The van der Waals surface area contributed by atoms with E-state index in [1.54, 1.807) is 0 Å². The second kappa shape index (κ2) is 6.45. The molecule has 0 spiro atoms. The van der Waals surface area contributed by atoms with Crippen molar-refractivity contribution < 1.29 is 38.1 Å². The molecule has 2 heterocycles. The molecular formula is C15H22O8. The lowest BCUT2D eigenvalue weighted by Gasteiger charge is -2.58. The Hall–Kier alpha value is -1.67. The van der Waals surface area contributed by atoms with Crippen LogP contribution >= 0.6 is 0 Å². The van der Waals surface area contributed by atoms with E-state index in [2.05, 4.69) is 0 Å². The van der Waals surface area contributed by atoms with Crippen molar-refractivity contribution in [2.24, 2.45) is 0 Å². The topological polar surface area (TPSA) is 97.4 Å². The van der Waals surface area contributed by atoms with Gasteiger partial charge in [-0.1, -0.05) is 0 Å². The zero-order chi connectivity index (χ0) is 17.4. The van der Waals surface area contributed by atoms with E-state index in [4.69, 9.17) is 23.7 Å². The smallest absolute Gasteiger partial charge is 0.303 e. The molecule has 0 aromatic rings. The maximum Gasteiger partial charge on any atom is 0.303 e. The Morgan fingerprint density at radius 1 is 0.957 bits per heavy atom. The second-order valence-electron chi connectivity index (χ2n) is 6.23. The van der Waals surface area contributed by atoms with Crippen molar-refractivity contribution in [2.45, 2.75) is 70.7 Å². The number of ether oxygens (including phenoxy) is 5. The van der Waals surface area contributed by atoms with E-state index in [0.29, 0.717) is 0 Å². The standard InChI is InChI=1S/C15H22O8/c1-7(16)19-6-10-11(20-8(2)17)12(21-9(3)18)13-14(22-10)15(4,5)23-13/h10-14H,6H2,1-5H3/t10-,11-,12+,13-,14+/m1/s1. The van der Waals surface area contributed by atoms with Crippen LogP contribution in [0.3, 0.4) is 0 Å². The Labute approximate surface area is 134 Å². The molecule has 0 saturated carbocycles. The first-order valence-corrected chi connectivity index (χ1v) is 7.43. The van der Waals surface area contributed by atoms with Crippen LogP contribution in [0.15, 0.2) is 0 Å². The zero-order valence-corrected chi connectivity index (χ0v) is 13.9. The Bertz CT molecular complexity index is 500. The van der Waals surface area contributed by atoms with Gasteiger partial charge in [-0.3, -0.25) is 14.4 Å². The number of carbonyl (C=O) groups is 3. The summed E-state index contributed by atoms with van der Waals surface area (Å²) in [5.41, 5.74) is -0.571. The van der Waals surface area contributed by atoms with Crippen molar-refractivity contribution in [1.29, 1.82) is 0 Å². The number of hydrogen-bond acceptors (Lipinski definition) is 8. The molecule has 8 nitrogen and oxygen atoms in total. The van der Waals surface area contributed by atoms with Gasteiger partial charge in [-0.15, -0.1) is 0 Å². The van der Waals surface area contributed by atoms with Crippen LogP contribution in [-0.4, -0.2) is 60.6 Å². The zero-order valence-electron chi connectivity index (χ0n) is 13.9. The molecule has 8 heteroatoms. The third kappa shape index (κ3) is 3.81. The highest BCUT2D eigenvalue weighted by Crippen LogP contribution is 2.43. The van der Waals surface area contributed by atoms with E-state index in [1.165, 1.54) is 20.8 Å². The van der Waals surface area contributed by atoms with E-state index < -0.39 is 47.9 Å². The van der Waals surface area contributed by atoms with Crippen molar-refractivity contribution in [3.63, 3.8) is 0 Å². The van der Waals surface area contributed by atoms with E-state index >= 15 is 0 Å². The minimum Gasteiger partial charge on any atom is -0.463 e. The highest BCUT2D eigenvalue weighted by molar-refractivity contribution is 5.68. The predicted molar refractivity (Wildman–Crippen MR) is 75.4 cm³/mol. The van der Waals surface area contributed by atoms with Gasteiger partial charge in [-0.05, 0) is 13.8 Å². The third-order valence-electron chi connectivity index (χ3n) is 3.81. The maximum absolute atomic E-state index is 11.4. The predicted octanol–water partition coefficient (Wildman–Crippen LogP) is 0.358. The fraction of sp³-hybridized carbons (Fsp3) is 0.800. The first-order valence-electron chi connectivity index (χ1n) is 7.43. The van der Waals surface area contributed by atoms with Crippen LogP contribution in [0.5, 0.6) is 0 Å². The summed E-state index contributed by atoms with van der Waals surface area (Å²) >= 11 is 0. The molecule has 130 valence electrons. The molecule has 2 rings (SSSR count). The quantitative estimate of drug-likeness (QED) is 0.538. The number of esters is 3. The minimum absolute atomic E-state index is 0.107. The van der Waals surface area contributed by atoms with Crippen molar-refractivity contribution in [1.82, 2.24) is 0 Å². The Balaban J connectivity index is 2.23. The summed E-state index contributed by atoms with van der Waals surface area (Å²) in [4.78, 5) is 33.9. The fourth-order valence-electron chi connectivity index (χ4n) is 2.94. The molecule has 0 aromatic heterocycles. The summed E-state index contributed by atoms with van der Waals surface area (Å²) in [7, 11) is 0. The molecular weight excluding hydrogens is 308 g/mol. The Kier molecular flexibility index (Phi) is 4.95. The number of hydrogen-bond donors (Lipinski definition) is 0. The van der Waals surface area contributed by atoms with Gasteiger partial charge in [-0.2, -0.15) is 0 Å². The van der Waals surface area contributed by atoms with Gasteiger partial charge >= 0.3 is 17.9 Å². The number of carbonyl (C=O) groups excluding carboxylic acids is 3. The molecule has 23 heavy (non-hydrogen) atoms. The molecule has 0 amide bonds. The van der Waals surface area contributed by atoms with Crippen LogP contribution in [0.25, 0.3) is 0 Å². The van der Waals surface area contributed by atoms with Gasteiger partial charge in [-0.25, -0.2) is 0 Å². The summed E-state index contributed by atoms with van der Waals surface area (Å²) in [5, 5.41) is 0. The average molecular weight is 330 g/mol. The van der Waals surface area contributed by atoms with E-state index in [0.717, 1.165) is 0 Å². The van der Waals surface area contributed by atoms with Crippen molar-refractivity contribution in [3.8, 4) is 0 Å². The third-order valence-corrected chi connectivity index (χ3v) is 3.81. The van der Waals surface area contributed by atoms with Gasteiger partial charge in [0.25, 0.3) is 0 Å². The van der Waals surface area contributed by atoms with E-state index in [-0.39, 0.29) is 12.7 Å². The Morgan fingerprint density at radius 2 is 1.52 bits per heavy atom. The van der Waals surface area contributed by atoms with Gasteiger partial charge in [0.05, 0.1) is 5.60 Å². The van der Waals surface area contributed by atoms with Crippen molar-refractivity contribution >= 4 is 17.9 Å². The molecule has 0 aliphatic carbocycles. The maximum atomic E-state index is 11.4. The highest BCUT2D eigenvalue weighted by Gasteiger charge is 2.62. The molecule has 0 radical (unpaired) electrons. The van der Waals surface area contributed by atoms with Crippen molar-refractivity contribution in [3.05, 3.63) is 0 Å². The van der Waals surface area contributed by atoms with Crippen LogP contribution in [0.4, 0.5) is 0 Å². The Morgan fingerprint density at radius 3 is 2.00 bits per heavy atom. The van der Waals surface area contributed by atoms with Gasteiger partial charge < -0.3 is 23.7 Å². The van der Waals surface area contributed by atoms with Gasteiger partial charge in [0.1, 0.15) is 24.9 Å². The van der Waals surface area contributed by atoms with Crippen LogP contribution in [0, 0.1) is 0 Å². The normalized spacial score (nSPS) is 34.6. The molecule has 2 aliphatic rings. The first kappa shape index (κ1) is 17.7. The van der Waals surface area contributed by atoms with E-state index in [1.807, 2.05) is 13.8 Å². The molecule has 0 bridgehead atoms. The van der Waals surface area contributed by atoms with Crippen LogP contribution < -0.4 is 0 Å². The SMILES string of the molecule is CC(=O)OC[C@H]1O[C@H]2[C@H](OC2(C)C)[C@@H](OC(C)=O)[C@@H]1OC(C)=O. The van der Waals surface area contributed by atoms with Crippen molar-refractivity contribution in [2.75, 3.05) is 6.61 Å². The average Bonchev–Trinajstić information content (AvgIpc) is 2.39. The molecule has 2 aliphatic heterocycles. The lowest BCUT2D eigenvalue weighted by molar-refractivity contribution is -0.368. The molecule has 2 saturated heterocycles. The summed E-state index contributed by atoms with van der Waals surface area (Å²) < 4.78 is 27.2. The second-order valence-corrected chi connectivity index (χ2v) is 6.23. The van der Waals surface area contributed by atoms with E-state index in [9.17, 15) is 14.4 Å². The van der Waals surface area contributed by atoms with Crippen LogP contribution in [0.2, 0.25) is 0 Å². The largest absolute Gasteiger partial charge is 0.463 e. The van der Waals surface area contributed by atoms with Crippen LogP contribution in [-0.2, 0) is 38.1 Å². The lowest BCUT2D eigenvalue weighted by atomic mass is 9.80. The minimum atomic E-state index is -0.909. The van der Waals surface area contributed by atoms with Gasteiger partial charge in [0, 0.05) is 20.8 Å². The van der Waals surface area contributed by atoms with Crippen LogP contribution in [0.1, 0.15) is 34.6 Å². The summed E-state index contributed by atoms with van der Waals surface area (Å²) in [6.07, 6.45) is -3.36. The molecule has 0 aromatic carbocycles. The summed E-state index contributed by atoms with van der Waals surface area (Å²) in [6, 6.07) is 0. The summed E-state index contributed by atoms with van der Waals surface area (Å²) in [6.45, 7) is 7.35.